The number of rotatable bonds is 9. The van der Waals surface area contributed by atoms with Crippen LogP contribution in [0.5, 0.6) is 0 Å². The average molecular weight is 289 g/mol. The summed E-state index contributed by atoms with van der Waals surface area (Å²) < 4.78 is 0. The summed E-state index contributed by atoms with van der Waals surface area (Å²) in [5.74, 6) is 0. The van der Waals surface area contributed by atoms with E-state index >= 15 is 0 Å². The SMILES string of the molecule is CCN(CCCN(C)C)c1ccc(CNC2CC2)c(C)c1. The molecule has 0 aliphatic heterocycles. The van der Waals surface area contributed by atoms with Crippen LogP contribution in [-0.4, -0.2) is 44.7 Å². The van der Waals surface area contributed by atoms with Gasteiger partial charge in [0.1, 0.15) is 0 Å². The Labute approximate surface area is 130 Å². The Morgan fingerprint density at radius 3 is 2.52 bits per heavy atom. The zero-order valence-corrected chi connectivity index (χ0v) is 14.2. The predicted molar refractivity (Wildman–Crippen MR) is 92.1 cm³/mol. The minimum Gasteiger partial charge on any atom is -0.372 e. The molecule has 1 aliphatic carbocycles. The van der Waals surface area contributed by atoms with Crippen LogP contribution in [0.2, 0.25) is 0 Å². The van der Waals surface area contributed by atoms with Crippen LogP contribution in [0.1, 0.15) is 37.3 Å². The van der Waals surface area contributed by atoms with Crippen molar-refractivity contribution in [2.24, 2.45) is 0 Å². The van der Waals surface area contributed by atoms with Crippen LogP contribution in [0.3, 0.4) is 0 Å². The molecular weight excluding hydrogens is 258 g/mol. The molecule has 0 atom stereocenters. The molecule has 1 aliphatic rings. The molecule has 1 N–H and O–H groups in total. The third kappa shape index (κ3) is 5.33. The van der Waals surface area contributed by atoms with E-state index in [0.717, 1.165) is 32.2 Å². The van der Waals surface area contributed by atoms with Gasteiger partial charge in [-0.3, -0.25) is 0 Å². The summed E-state index contributed by atoms with van der Waals surface area (Å²) in [6, 6.07) is 7.72. The lowest BCUT2D eigenvalue weighted by atomic mass is 10.1. The lowest BCUT2D eigenvalue weighted by Gasteiger charge is -2.25. The maximum absolute atomic E-state index is 3.60. The van der Waals surface area contributed by atoms with Crippen LogP contribution in [0, 0.1) is 6.92 Å². The fourth-order valence-electron chi connectivity index (χ4n) is 2.66. The lowest BCUT2D eigenvalue weighted by Crippen LogP contribution is -2.27. The Morgan fingerprint density at radius 1 is 1.19 bits per heavy atom. The molecule has 2 rings (SSSR count). The maximum atomic E-state index is 3.60. The third-order valence-corrected chi connectivity index (χ3v) is 4.26. The standard InChI is InChI=1S/C18H31N3/c1-5-21(12-6-11-20(3)4)18-10-7-16(15(2)13-18)14-19-17-8-9-17/h7,10,13,17,19H,5-6,8-9,11-12,14H2,1-4H3. The molecule has 118 valence electrons. The summed E-state index contributed by atoms with van der Waals surface area (Å²) >= 11 is 0. The molecule has 0 radical (unpaired) electrons. The van der Waals surface area contributed by atoms with Gasteiger partial charge in [0, 0.05) is 31.4 Å². The topological polar surface area (TPSA) is 18.5 Å². The van der Waals surface area contributed by atoms with E-state index in [0.29, 0.717) is 0 Å². The minimum absolute atomic E-state index is 0.780. The lowest BCUT2D eigenvalue weighted by molar-refractivity contribution is 0.400. The summed E-state index contributed by atoms with van der Waals surface area (Å²) in [6.45, 7) is 8.86. The van der Waals surface area contributed by atoms with Gasteiger partial charge in [-0.25, -0.2) is 0 Å². The number of hydrogen-bond donors (Lipinski definition) is 1. The summed E-state index contributed by atoms with van der Waals surface area (Å²) in [4.78, 5) is 4.74. The number of nitrogens with zero attached hydrogens (tertiary/aromatic N) is 2. The van der Waals surface area contributed by atoms with E-state index in [9.17, 15) is 0 Å². The highest BCUT2D eigenvalue weighted by Crippen LogP contribution is 2.22. The second-order valence-electron chi connectivity index (χ2n) is 6.50. The molecule has 1 saturated carbocycles. The van der Waals surface area contributed by atoms with Crippen molar-refractivity contribution in [1.29, 1.82) is 0 Å². The van der Waals surface area contributed by atoms with E-state index in [-0.39, 0.29) is 0 Å². The molecule has 1 fully saturated rings. The maximum Gasteiger partial charge on any atom is 0.0368 e. The van der Waals surface area contributed by atoms with Crippen molar-refractivity contribution < 1.29 is 0 Å². The predicted octanol–water partition coefficient (Wildman–Crippen LogP) is 3.03. The average Bonchev–Trinajstić information content (AvgIpc) is 3.26. The van der Waals surface area contributed by atoms with Crippen molar-refractivity contribution in [3.63, 3.8) is 0 Å². The second-order valence-corrected chi connectivity index (χ2v) is 6.50. The Kier molecular flexibility index (Phi) is 6.07. The van der Waals surface area contributed by atoms with Crippen molar-refractivity contribution in [3.8, 4) is 0 Å². The van der Waals surface area contributed by atoms with Gasteiger partial charge in [0.05, 0.1) is 0 Å². The van der Waals surface area contributed by atoms with Crippen LogP contribution in [0.25, 0.3) is 0 Å². The molecule has 3 nitrogen and oxygen atoms in total. The van der Waals surface area contributed by atoms with Crippen molar-refractivity contribution in [2.45, 2.75) is 45.7 Å². The summed E-state index contributed by atoms with van der Waals surface area (Å²) in [7, 11) is 4.28. The van der Waals surface area contributed by atoms with Crippen LogP contribution in [-0.2, 0) is 6.54 Å². The van der Waals surface area contributed by atoms with Crippen LogP contribution in [0.15, 0.2) is 18.2 Å². The minimum atomic E-state index is 0.780. The highest BCUT2D eigenvalue weighted by Gasteiger charge is 2.20. The molecule has 21 heavy (non-hydrogen) atoms. The Hall–Kier alpha value is -1.06. The molecule has 1 aromatic carbocycles. The van der Waals surface area contributed by atoms with Crippen molar-refractivity contribution in [3.05, 3.63) is 29.3 Å². The fraction of sp³-hybridized carbons (Fsp3) is 0.667. The first-order valence-electron chi connectivity index (χ1n) is 8.32. The van der Waals surface area contributed by atoms with Gasteiger partial charge in [-0.05, 0) is 77.0 Å². The van der Waals surface area contributed by atoms with E-state index in [1.54, 1.807) is 0 Å². The van der Waals surface area contributed by atoms with E-state index in [1.165, 1.54) is 36.1 Å². The highest BCUT2D eigenvalue weighted by molar-refractivity contribution is 5.50. The van der Waals surface area contributed by atoms with Gasteiger partial charge in [0.15, 0.2) is 0 Å². The van der Waals surface area contributed by atoms with E-state index in [1.807, 2.05) is 0 Å². The molecule has 0 unspecified atom stereocenters. The summed E-state index contributed by atoms with van der Waals surface area (Å²) in [6.07, 6.45) is 3.92. The van der Waals surface area contributed by atoms with Crippen molar-refractivity contribution in [2.75, 3.05) is 38.6 Å². The number of nitrogens with one attached hydrogen (secondary N) is 1. The zero-order valence-electron chi connectivity index (χ0n) is 14.2. The molecule has 0 aromatic heterocycles. The second kappa shape index (κ2) is 7.81. The van der Waals surface area contributed by atoms with Gasteiger partial charge >= 0.3 is 0 Å². The first-order chi connectivity index (χ1) is 10.1. The molecule has 0 spiro atoms. The molecule has 0 amide bonds. The monoisotopic (exact) mass is 289 g/mol. The molecule has 3 heteroatoms. The van der Waals surface area contributed by atoms with Gasteiger partial charge in [0.25, 0.3) is 0 Å². The summed E-state index contributed by atoms with van der Waals surface area (Å²) in [5.41, 5.74) is 4.21. The molecule has 0 heterocycles. The Morgan fingerprint density at radius 2 is 1.95 bits per heavy atom. The fourth-order valence-corrected chi connectivity index (χ4v) is 2.66. The highest BCUT2D eigenvalue weighted by atomic mass is 15.1. The molecule has 1 aromatic rings. The van der Waals surface area contributed by atoms with Gasteiger partial charge in [-0.15, -0.1) is 0 Å². The van der Waals surface area contributed by atoms with Gasteiger partial charge < -0.3 is 15.1 Å². The Balaban J connectivity index is 1.92. The number of hydrogen-bond acceptors (Lipinski definition) is 3. The number of anilines is 1. The zero-order chi connectivity index (χ0) is 15.2. The van der Waals surface area contributed by atoms with E-state index in [2.05, 4.69) is 61.3 Å². The quantitative estimate of drug-likeness (QED) is 0.754. The smallest absolute Gasteiger partial charge is 0.0368 e. The normalized spacial score (nSPS) is 14.7. The largest absolute Gasteiger partial charge is 0.372 e. The van der Waals surface area contributed by atoms with Gasteiger partial charge in [-0.2, -0.15) is 0 Å². The Bertz CT molecular complexity index is 438. The summed E-state index contributed by atoms with van der Waals surface area (Å²) in [5, 5.41) is 3.60. The number of benzene rings is 1. The van der Waals surface area contributed by atoms with Crippen LogP contribution < -0.4 is 10.2 Å². The van der Waals surface area contributed by atoms with Crippen molar-refractivity contribution in [1.82, 2.24) is 10.2 Å². The van der Waals surface area contributed by atoms with Gasteiger partial charge in [-0.1, -0.05) is 6.07 Å². The first kappa shape index (κ1) is 16.3. The molecule has 0 saturated heterocycles. The van der Waals surface area contributed by atoms with E-state index < -0.39 is 0 Å². The first-order valence-corrected chi connectivity index (χ1v) is 8.32. The van der Waals surface area contributed by atoms with Crippen LogP contribution >= 0.6 is 0 Å². The van der Waals surface area contributed by atoms with Crippen LogP contribution in [0.4, 0.5) is 5.69 Å². The third-order valence-electron chi connectivity index (χ3n) is 4.26. The van der Waals surface area contributed by atoms with Gasteiger partial charge in [0.2, 0.25) is 0 Å². The molecule has 0 bridgehead atoms. The number of aryl methyl sites for hydroxylation is 1. The molecular formula is C18H31N3. The van der Waals surface area contributed by atoms with E-state index in [4.69, 9.17) is 0 Å². The van der Waals surface area contributed by atoms with Crippen molar-refractivity contribution >= 4 is 5.69 Å².